The van der Waals surface area contributed by atoms with E-state index in [1.165, 1.54) is 4.31 Å². The van der Waals surface area contributed by atoms with E-state index in [0.29, 0.717) is 42.3 Å². The Balaban J connectivity index is 1.31. The lowest BCUT2D eigenvalue weighted by atomic mass is 10.1. The minimum absolute atomic E-state index is 0.206. The Morgan fingerprint density at radius 3 is 2.61 bits per heavy atom. The molecule has 0 spiro atoms. The third-order valence-electron chi connectivity index (χ3n) is 5.42. The molecule has 0 atom stereocenters. The van der Waals surface area contributed by atoms with E-state index in [9.17, 15) is 13.2 Å². The molecule has 3 aromatic carbocycles. The number of benzene rings is 3. The summed E-state index contributed by atoms with van der Waals surface area (Å²) < 4.78 is 38.0. The zero-order chi connectivity index (χ0) is 21.4. The lowest BCUT2D eigenvalue weighted by Crippen LogP contribution is -2.29. The van der Waals surface area contributed by atoms with Gasteiger partial charge >= 0.3 is 0 Å². The van der Waals surface area contributed by atoms with Crippen LogP contribution in [0.15, 0.2) is 71.6 Å². The predicted octanol–water partition coefficient (Wildman–Crippen LogP) is 3.10. The van der Waals surface area contributed by atoms with Crippen molar-refractivity contribution in [3.63, 3.8) is 0 Å². The number of ether oxygens (including phenoxy) is 2. The Morgan fingerprint density at radius 2 is 1.77 bits per heavy atom. The molecule has 8 heteroatoms. The van der Waals surface area contributed by atoms with E-state index < -0.39 is 10.0 Å². The average Bonchev–Trinajstić information content (AvgIpc) is 3.44. The number of anilines is 1. The van der Waals surface area contributed by atoms with Crippen LogP contribution in [0.5, 0.6) is 11.5 Å². The number of sulfonamides is 1. The van der Waals surface area contributed by atoms with Crippen LogP contribution in [0.2, 0.25) is 0 Å². The summed E-state index contributed by atoms with van der Waals surface area (Å²) >= 11 is 0. The van der Waals surface area contributed by atoms with Gasteiger partial charge in [0.25, 0.3) is 15.9 Å². The highest BCUT2D eigenvalue weighted by Crippen LogP contribution is 2.34. The van der Waals surface area contributed by atoms with Gasteiger partial charge in [-0.25, -0.2) is 8.42 Å². The van der Waals surface area contributed by atoms with E-state index in [0.717, 1.165) is 11.1 Å². The van der Waals surface area contributed by atoms with Crippen LogP contribution in [0, 0.1) is 0 Å². The summed E-state index contributed by atoms with van der Waals surface area (Å²) in [5, 5.41) is 2.90. The Bertz CT molecular complexity index is 1260. The summed E-state index contributed by atoms with van der Waals surface area (Å²) in [6.07, 6.45) is 0.560. The van der Waals surface area contributed by atoms with Crippen molar-refractivity contribution < 1.29 is 22.7 Å². The van der Waals surface area contributed by atoms with Gasteiger partial charge in [-0.05, 0) is 60.0 Å². The topological polar surface area (TPSA) is 84.9 Å². The van der Waals surface area contributed by atoms with Gasteiger partial charge in [-0.15, -0.1) is 0 Å². The smallest absolute Gasteiger partial charge is 0.264 e. The standard InChI is InChI=1S/C23H20N2O5S/c26-23(24-14-16-6-9-21-22(12-16)30-15-29-21)18-7-8-20-17(13-18)10-11-25(20)31(27,28)19-4-2-1-3-5-19/h1-9,12-13H,10-11,14-15H2,(H,24,26). The van der Waals surface area contributed by atoms with Crippen LogP contribution in [0.3, 0.4) is 0 Å². The van der Waals surface area contributed by atoms with E-state index in [1.807, 2.05) is 18.2 Å². The van der Waals surface area contributed by atoms with E-state index in [1.54, 1.807) is 48.5 Å². The maximum absolute atomic E-state index is 13.0. The lowest BCUT2D eigenvalue weighted by molar-refractivity contribution is 0.0950. The summed E-state index contributed by atoms with van der Waals surface area (Å²) in [6.45, 7) is 0.910. The Hall–Kier alpha value is -3.52. The molecule has 0 fully saturated rings. The summed E-state index contributed by atoms with van der Waals surface area (Å²) in [6, 6.07) is 19.0. The van der Waals surface area contributed by atoms with Crippen molar-refractivity contribution in [3.8, 4) is 11.5 Å². The maximum Gasteiger partial charge on any atom is 0.264 e. The molecule has 2 heterocycles. The zero-order valence-corrected chi connectivity index (χ0v) is 17.4. The average molecular weight is 436 g/mol. The normalized spacial score (nSPS) is 14.4. The fourth-order valence-corrected chi connectivity index (χ4v) is 5.34. The quantitative estimate of drug-likeness (QED) is 0.664. The molecule has 3 aromatic rings. The molecule has 5 rings (SSSR count). The lowest BCUT2D eigenvalue weighted by Gasteiger charge is -2.19. The molecule has 1 amide bonds. The molecule has 0 aliphatic carbocycles. The number of rotatable bonds is 5. The van der Waals surface area contributed by atoms with Crippen molar-refractivity contribution in [1.29, 1.82) is 0 Å². The van der Waals surface area contributed by atoms with Crippen molar-refractivity contribution in [2.24, 2.45) is 0 Å². The molecule has 1 N–H and O–H groups in total. The van der Waals surface area contributed by atoms with Crippen molar-refractivity contribution in [2.45, 2.75) is 17.9 Å². The molecule has 7 nitrogen and oxygen atoms in total. The van der Waals surface area contributed by atoms with E-state index in [2.05, 4.69) is 5.32 Å². The van der Waals surface area contributed by atoms with Crippen LogP contribution >= 0.6 is 0 Å². The van der Waals surface area contributed by atoms with E-state index >= 15 is 0 Å². The first-order valence-corrected chi connectivity index (χ1v) is 11.3. The Kier molecular flexibility index (Phi) is 4.78. The van der Waals surface area contributed by atoms with Gasteiger partial charge in [0.1, 0.15) is 0 Å². The SMILES string of the molecule is O=C(NCc1ccc2c(c1)OCO2)c1ccc2c(c1)CCN2S(=O)(=O)c1ccccc1. The highest BCUT2D eigenvalue weighted by Gasteiger charge is 2.31. The monoisotopic (exact) mass is 436 g/mol. The highest BCUT2D eigenvalue weighted by atomic mass is 32.2. The molecule has 2 aliphatic rings. The van der Waals surface area contributed by atoms with Gasteiger partial charge in [-0.3, -0.25) is 9.10 Å². The number of amides is 1. The fraction of sp³-hybridized carbons (Fsp3) is 0.174. The number of carbonyl (C=O) groups excluding carboxylic acids is 1. The molecule has 0 saturated carbocycles. The second-order valence-electron chi connectivity index (χ2n) is 7.35. The van der Waals surface area contributed by atoms with Crippen molar-refractivity contribution in [3.05, 3.63) is 83.4 Å². The van der Waals surface area contributed by atoms with E-state index in [4.69, 9.17) is 9.47 Å². The zero-order valence-electron chi connectivity index (χ0n) is 16.6. The van der Waals surface area contributed by atoms with Gasteiger partial charge in [0, 0.05) is 18.7 Å². The molecule has 0 radical (unpaired) electrons. The molecule has 31 heavy (non-hydrogen) atoms. The first kappa shape index (κ1) is 19.4. The van der Waals surface area contributed by atoms with Crippen LogP contribution in [-0.2, 0) is 23.0 Å². The third kappa shape index (κ3) is 3.59. The van der Waals surface area contributed by atoms with E-state index in [-0.39, 0.29) is 17.6 Å². The second-order valence-corrected chi connectivity index (χ2v) is 9.22. The summed E-state index contributed by atoms with van der Waals surface area (Å²) in [4.78, 5) is 12.9. The van der Waals surface area contributed by atoms with Gasteiger partial charge in [0.05, 0.1) is 10.6 Å². The number of fused-ring (bicyclic) bond motifs is 2. The fourth-order valence-electron chi connectivity index (χ4n) is 3.82. The van der Waals surface area contributed by atoms with Crippen molar-refractivity contribution in [1.82, 2.24) is 5.32 Å². The van der Waals surface area contributed by atoms with Gasteiger partial charge in [-0.2, -0.15) is 0 Å². The molecular weight excluding hydrogens is 416 g/mol. The molecule has 158 valence electrons. The summed E-state index contributed by atoms with van der Waals surface area (Å²) in [7, 11) is -3.63. The molecule has 2 aliphatic heterocycles. The van der Waals surface area contributed by atoms with Crippen LogP contribution in [0.4, 0.5) is 5.69 Å². The minimum atomic E-state index is -3.63. The number of hydrogen-bond donors (Lipinski definition) is 1. The first-order chi connectivity index (χ1) is 15.0. The maximum atomic E-state index is 13.0. The van der Waals surface area contributed by atoms with Crippen LogP contribution in [0.25, 0.3) is 0 Å². The van der Waals surface area contributed by atoms with Gasteiger partial charge < -0.3 is 14.8 Å². The first-order valence-electron chi connectivity index (χ1n) is 9.90. The summed E-state index contributed by atoms with van der Waals surface area (Å²) in [5.74, 6) is 1.15. The van der Waals surface area contributed by atoms with Crippen LogP contribution < -0.4 is 19.1 Å². The number of carbonyl (C=O) groups is 1. The molecule has 0 saturated heterocycles. The Morgan fingerprint density at radius 1 is 0.968 bits per heavy atom. The minimum Gasteiger partial charge on any atom is -0.454 e. The number of nitrogens with zero attached hydrogens (tertiary/aromatic N) is 1. The summed E-state index contributed by atoms with van der Waals surface area (Å²) in [5.41, 5.74) is 2.86. The second kappa shape index (κ2) is 7.63. The third-order valence-corrected chi connectivity index (χ3v) is 7.24. The molecule has 0 unspecified atom stereocenters. The van der Waals surface area contributed by atoms with Crippen LogP contribution in [0.1, 0.15) is 21.5 Å². The number of nitrogens with one attached hydrogen (secondary N) is 1. The largest absolute Gasteiger partial charge is 0.454 e. The molecule has 0 bridgehead atoms. The Labute approximate surface area is 180 Å². The molecule has 0 aromatic heterocycles. The van der Waals surface area contributed by atoms with Crippen molar-refractivity contribution >= 4 is 21.6 Å². The van der Waals surface area contributed by atoms with Gasteiger partial charge in [0.15, 0.2) is 11.5 Å². The molecular formula is C23H20N2O5S. The van der Waals surface area contributed by atoms with Crippen molar-refractivity contribution in [2.75, 3.05) is 17.6 Å². The highest BCUT2D eigenvalue weighted by molar-refractivity contribution is 7.92. The van der Waals surface area contributed by atoms with Gasteiger partial charge in [-0.1, -0.05) is 24.3 Å². The van der Waals surface area contributed by atoms with Crippen LogP contribution in [-0.4, -0.2) is 27.7 Å². The van der Waals surface area contributed by atoms with Gasteiger partial charge in [0.2, 0.25) is 6.79 Å². The number of hydrogen-bond acceptors (Lipinski definition) is 5. The predicted molar refractivity (Wildman–Crippen MR) is 115 cm³/mol.